The van der Waals surface area contributed by atoms with E-state index in [-0.39, 0.29) is 0 Å². The Labute approximate surface area is 171 Å². The third-order valence-corrected chi connectivity index (χ3v) is 5.35. The maximum atomic E-state index is 5.95. The number of para-hydroxylation sites is 2. The fourth-order valence-electron chi connectivity index (χ4n) is 3.91. The minimum Gasteiger partial charge on any atom is -0.493 e. The summed E-state index contributed by atoms with van der Waals surface area (Å²) in [6.45, 7) is 5.04. The van der Waals surface area contributed by atoms with Crippen LogP contribution in [0.2, 0.25) is 0 Å². The van der Waals surface area contributed by atoms with Crippen molar-refractivity contribution < 1.29 is 9.47 Å². The number of aromatic nitrogens is 4. The molecular formula is C22H27N5O2. The molecule has 0 spiro atoms. The topological polar surface area (TPSA) is 65.3 Å². The Kier molecular flexibility index (Phi) is 5.76. The van der Waals surface area contributed by atoms with Crippen LogP contribution in [0, 0.1) is 6.92 Å². The molecular weight excluding hydrogens is 366 g/mol. The van der Waals surface area contributed by atoms with Gasteiger partial charge in [-0.25, -0.2) is 4.98 Å². The third kappa shape index (κ3) is 4.56. The van der Waals surface area contributed by atoms with E-state index in [1.54, 1.807) is 13.3 Å². The summed E-state index contributed by atoms with van der Waals surface area (Å²) in [5.41, 5.74) is 3.36. The van der Waals surface area contributed by atoms with Gasteiger partial charge in [-0.2, -0.15) is 5.10 Å². The second-order valence-electron chi connectivity index (χ2n) is 7.52. The van der Waals surface area contributed by atoms with Crippen LogP contribution < -0.4 is 9.47 Å². The van der Waals surface area contributed by atoms with Crippen molar-refractivity contribution in [3.63, 3.8) is 0 Å². The van der Waals surface area contributed by atoms with Crippen LogP contribution in [0.1, 0.15) is 35.7 Å². The summed E-state index contributed by atoms with van der Waals surface area (Å²) >= 11 is 0. The highest BCUT2D eigenvalue weighted by atomic mass is 16.5. The predicted molar refractivity (Wildman–Crippen MR) is 110 cm³/mol. The van der Waals surface area contributed by atoms with Gasteiger partial charge in [-0.1, -0.05) is 12.1 Å². The van der Waals surface area contributed by atoms with Crippen molar-refractivity contribution in [2.75, 3.05) is 20.2 Å². The predicted octanol–water partition coefficient (Wildman–Crippen LogP) is 3.70. The van der Waals surface area contributed by atoms with E-state index in [9.17, 15) is 0 Å². The fourth-order valence-corrected chi connectivity index (χ4v) is 3.91. The lowest BCUT2D eigenvalue weighted by atomic mass is 9.94. The Bertz CT molecular complexity index is 971. The first kappa shape index (κ1) is 19.4. The zero-order valence-electron chi connectivity index (χ0n) is 17.2. The van der Waals surface area contributed by atoms with Crippen molar-refractivity contribution in [1.29, 1.82) is 0 Å². The van der Waals surface area contributed by atoms with Gasteiger partial charge in [-0.15, -0.1) is 0 Å². The van der Waals surface area contributed by atoms with E-state index in [1.165, 1.54) is 5.56 Å². The van der Waals surface area contributed by atoms with Gasteiger partial charge in [0, 0.05) is 44.0 Å². The Hall–Kier alpha value is -2.93. The average molecular weight is 393 g/mol. The van der Waals surface area contributed by atoms with Gasteiger partial charge in [0.2, 0.25) is 5.88 Å². The summed E-state index contributed by atoms with van der Waals surface area (Å²) < 4.78 is 13.2. The molecule has 29 heavy (non-hydrogen) atoms. The van der Waals surface area contributed by atoms with Crippen molar-refractivity contribution in [3.8, 4) is 17.4 Å². The summed E-state index contributed by atoms with van der Waals surface area (Å²) in [6.07, 6.45) is 7.87. The lowest BCUT2D eigenvalue weighted by Crippen LogP contribution is -2.34. The first-order valence-electron chi connectivity index (χ1n) is 9.96. The van der Waals surface area contributed by atoms with Crippen LogP contribution in [0.25, 0.3) is 0 Å². The van der Waals surface area contributed by atoms with E-state index in [1.807, 2.05) is 42.2 Å². The molecule has 0 aliphatic carbocycles. The Morgan fingerprint density at radius 1 is 1.17 bits per heavy atom. The molecule has 7 heteroatoms. The number of hydrogen-bond donors (Lipinski definition) is 0. The molecule has 0 unspecified atom stereocenters. The molecule has 4 rings (SSSR count). The first-order chi connectivity index (χ1) is 14.1. The lowest BCUT2D eigenvalue weighted by Gasteiger charge is -2.32. The van der Waals surface area contributed by atoms with Gasteiger partial charge in [-0.3, -0.25) is 14.6 Å². The molecule has 1 aliphatic rings. The van der Waals surface area contributed by atoms with E-state index in [2.05, 4.69) is 28.1 Å². The van der Waals surface area contributed by atoms with Gasteiger partial charge >= 0.3 is 0 Å². The molecule has 1 aromatic carbocycles. The average Bonchev–Trinajstić information content (AvgIpc) is 3.05. The number of nitrogens with zero attached hydrogens (tertiary/aromatic N) is 5. The molecule has 0 saturated carbocycles. The van der Waals surface area contributed by atoms with Crippen LogP contribution in [-0.4, -0.2) is 44.8 Å². The van der Waals surface area contributed by atoms with Gasteiger partial charge in [0.1, 0.15) is 0 Å². The highest BCUT2D eigenvalue weighted by Gasteiger charge is 2.24. The third-order valence-electron chi connectivity index (χ3n) is 5.35. The second kappa shape index (κ2) is 8.61. The summed E-state index contributed by atoms with van der Waals surface area (Å²) in [7, 11) is 3.60. The van der Waals surface area contributed by atoms with Crippen LogP contribution >= 0.6 is 0 Å². The van der Waals surface area contributed by atoms with E-state index in [0.717, 1.165) is 43.9 Å². The maximum Gasteiger partial charge on any atom is 0.238 e. The smallest absolute Gasteiger partial charge is 0.238 e. The molecule has 7 nitrogen and oxygen atoms in total. The molecule has 0 radical (unpaired) electrons. The highest BCUT2D eigenvalue weighted by Crippen LogP contribution is 2.31. The number of rotatable bonds is 6. The number of methoxy groups -OCH3 is 1. The summed E-state index contributed by atoms with van der Waals surface area (Å²) in [6, 6.07) is 7.56. The number of hydrogen-bond acceptors (Lipinski definition) is 6. The first-order valence-corrected chi connectivity index (χ1v) is 9.96. The van der Waals surface area contributed by atoms with Crippen molar-refractivity contribution in [2.24, 2.45) is 7.05 Å². The van der Waals surface area contributed by atoms with Crippen molar-refractivity contribution >= 4 is 0 Å². The Morgan fingerprint density at radius 3 is 2.76 bits per heavy atom. The molecule has 1 atom stereocenters. The highest BCUT2D eigenvalue weighted by molar-refractivity contribution is 5.41. The summed E-state index contributed by atoms with van der Waals surface area (Å²) in [4.78, 5) is 11.6. The molecule has 0 N–H and O–H groups in total. The Balaban J connectivity index is 1.46. The molecule has 0 amide bonds. The number of ether oxygens (including phenoxy) is 2. The van der Waals surface area contributed by atoms with E-state index >= 15 is 0 Å². The normalized spacial score (nSPS) is 17.3. The van der Waals surface area contributed by atoms with Crippen LogP contribution in [0.3, 0.4) is 0 Å². The zero-order valence-corrected chi connectivity index (χ0v) is 17.2. The summed E-state index contributed by atoms with van der Waals surface area (Å²) in [5, 5.41) is 4.46. The molecule has 3 aromatic rings. The van der Waals surface area contributed by atoms with Crippen molar-refractivity contribution in [3.05, 3.63) is 59.8 Å². The zero-order chi connectivity index (χ0) is 20.2. The molecule has 1 saturated heterocycles. The van der Waals surface area contributed by atoms with E-state index in [0.29, 0.717) is 23.3 Å². The molecule has 1 aliphatic heterocycles. The minimum atomic E-state index is 0.342. The van der Waals surface area contributed by atoms with Gasteiger partial charge in [-0.05, 0) is 38.4 Å². The molecule has 1 fully saturated rings. The van der Waals surface area contributed by atoms with Gasteiger partial charge in [0.25, 0.3) is 0 Å². The SMILES string of the molecule is COc1ccccc1Oc1cncc([C@H]2CCCN(Cc3cn(C)nc3C)C2)n1. The monoisotopic (exact) mass is 393 g/mol. The van der Waals surface area contributed by atoms with Crippen LogP contribution in [-0.2, 0) is 13.6 Å². The molecule has 152 valence electrons. The second-order valence-corrected chi connectivity index (χ2v) is 7.52. The fraction of sp³-hybridized carbons (Fsp3) is 0.409. The van der Waals surface area contributed by atoms with Gasteiger partial charge < -0.3 is 9.47 Å². The number of piperidine rings is 1. The maximum absolute atomic E-state index is 5.95. The Morgan fingerprint density at radius 2 is 2.00 bits per heavy atom. The quantitative estimate of drug-likeness (QED) is 0.636. The van der Waals surface area contributed by atoms with E-state index in [4.69, 9.17) is 14.5 Å². The largest absolute Gasteiger partial charge is 0.493 e. The van der Waals surface area contributed by atoms with Crippen LogP contribution in [0.4, 0.5) is 0 Å². The minimum absolute atomic E-state index is 0.342. The standard InChI is InChI=1S/C22H27N5O2/c1-16-18(13-26(2)25-16)15-27-10-6-7-17(14-27)19-11-23-12-22(24-19)29-21-9-5-4-8-20(21)28-3/h4-5,8-9,11-13,17H,6-7,10,14-15H2,1-3H3/t17-/m0/s1. The molecule has 0 bridgehead atoms. The summed E-state index contributed by atoms with van der Waals surface area (Å²) in [5.74, 6) is 2.15. The van der Waals surface area contributed by atoms with E-state index < -0.39 is 0 Å². The molecule has 3 heterocycles. The van der Waals surface area contributed by atoms with Crippen molar-refractivity contribution in [2.45, 2.75) is 32.2 Å². The molecule has 2 aromatic heterocycles. The van der Waals surface area contributed by atoms with Gasteiger partial charge in [0.05, 0.1) is 24.7 Å². The van der Waals surface area contributed by atoms with Crippen molar-refractivity contribution in [1.82, 2.24) is 24.6 Å². The number of likely N-dealkylation sites (tertiary alicyclic amines) is 1. The number of benzene rings is 1. The van der Waals surface area contributed by atoms with Crippen LogP contribution in [0.5, 0.6) is 17.4 Å². The van der Waals surface area contributed by atoms with Gasteiger partial charge in [0.15, 0.2) is 11.5 Å². The van der Waals surface area contributed by atoms with Crippen LogP contribution in [0.15, 0.2) is 42.9 Å². The lowest BCUT2D eigenvalue weighted by molar-refractivity contribution is 0.197. The number of aryl methyl sites for hydroxylation is 2.